The maximum atomic E-state index is 15.0. The lowest BCUT2D eigenvalue weighted by atomic mass is 9.92. The molecule has 7 rings (SSSR count). The molecule has 0 amide bonds. The predicted molar refractivity (Wildman–Crippen MR) is 180 cm³/mol. The highest BCUT2D eigenvalue weighted by molar-refractivity contribution is 5.80. The molecule has 0 spiro atoms. The Bertz CT molecular complexity index is 1800. The van der Waals surface area contributed by atoms with E-state index in [0.717, 1.165) is 36.8 Å². The quantitative estimate of drug-likeness (QED) is 0.242. The summed E-state index contributed by atoms with van der Waals surface area (Å²) in [7, 11) is 0. The number of carboxylic acid groups (broad SMARTS) is 1. The molecule has 250 valence electrons. The molecule has 5 heterocycles. The van der Waals surface area contributed by atoms with Crippen molar-refractivity contribution in [3.63, 3.8) is 0 Å². The second kappa shape index (κ2) is 12.5. The van der Waals surface area contributed by atoms with Crippen LogP contribution in [0.3, 0.4) is 0 Å². The highest BCUT2D eigenvalue weighted by Gasteiger charge is 2.38. The zero-order valence-electron chi connectivity index (χ0n) is 28.4. The first-order valence-corrected chi connectivity index (χ1v) is 16.5. The van der Waals surface area contributed by atoms with Crippen molar-refractivity contribution >= 4 is 17.4 Å². The smallest absolute Gasteiger partial charge is 0.337 e. The van der Waals surface area contributed by atoms with Crippen molar-refractivity contribution in [2.45, 2.75) is 97.6 Å². The second-order valence-corrected chi connectivity index (χ2v) is 14.2. The summed E-state index contributed by atoms with van der Waals surface area (Å²) in [6, 6.07) is 13.0. The summed E-state index contributed by atoms with van der Waals surface area (Å²) < 4.78 is 35.8. The standard InChI is InChI=1S/C37H45FN4O5/c1-22-18-30-27(20-28(22)38)25-11-8-12-26(19-25)29-21-31-39-24(3)32(33(35(43)44)47-36(4,5)6)34(42(31)40-29)41-15-13-37(7,14-16-41)45-17-9-10-23(2)46-30/h8,11-12,18-21,23,33H,9-10,13-17H2,1-7H3,(H,43,44). The van der Waals surface area contributed by atoms with Crippen LogP contribution >= 0.6 is 0 Å². The topological polar surface area (TPSA) is 98.4 Å². The first kappa shape index (κ1) is 32.9. The van der Waals surface area contributed by atoms with E-state index < -0.39 is 17.7 Å². The van der Waals surface area contributed by atoms with Crippen LogP contribution in [0, 0.1) is 19.7 Å². The van der Waals surface area contributed by atoms with Gasteiger partial charge in [0.1, 0.15) is 17.4 Å². The molecular weight excluding hydrogens is 599 g/mol. The number of ether oxygens (including phenoxy) is 3. The number of hydrogen-bond donors (Lipinski definition) is 1. The van der Waals surface area contributed by atoms with Crippen molar-refractivity contribution in [1.29, 1.82) is 0 Å². The Morgan fingerprint density at radius 3 is 2.55 bits per heavy atom. The van der Waals surface area contributed by atoms with Gasteiger partial charge in [-0.3, -0.25) is 0 Å². The maximum absolute atomic E-state index is 15.0. The summed E-state index contributed by atoms with van der Waals surface area (Å²) in [6.07, 6.45) is 1.78. The summed E-state index contributed by atoms with van der Waals surface area (Å²) >= 11 is 0. The predicted octanol–water partition coefficient (Wildman–Crippen LogP) is 7.70. The molecule has 1 saturated heterocycles. The Kier molecular flexibility index (Phi) is 8.78. The normalized spacial score (nSPS) is 21.1. The Labute approximate surface area is 275 Å². The van der Waals surface area contributed by atoms with E-state index in [-0.39, 0.29) is 17.5 Å². The molecule has 3 aliphatic heterocycles. The van der Waals surface area contributed by atoms with Crippen LogP contribution in [0.15, 0.2) is 42.5 Å². The van der Waals surface area contributed by atoms with Gasteiger partial charge >= 0.3 is 5.97 Å². The number of piperidine rings is 1. The van der Waals surface area contributed by atoms with Crippen LogP contribution in [0.5, 0.6) is 5.75 Å². The van der Waals surface area contributed by atoms with E-state index in [1.807, 2.05) is 65.0 Å². The molecule has 0 aliphatic carbocycles. The van der Waals surface area contributed by atoms with Crippen LogP contribution in [0.4, 0.5) is 10.2 Å². The lowest BCUT2D eigenvalue weighted by Crippen LogP contribution is -2.46. The fraction of sp³-hybridized carbons (Fsp3) is 0.486. The number of rotatable bonds is 3. The SMILES string of the molecule is Cc1cc2c(cc1F)-c1cccc(c1)-c1cc3nc(C)c(C(OC(C)(C)C)C(=O)O)c(n3n1)N1CCC(C)(CC1)OCCCC(C)O2. The van der Waals surface area contributed by atoms with Gasteiger partial charge in [-0.2, -0.15) is 9.61 Å². The number of aromatic nitrogens is 3. The van der Waals surface area contributed by atoms with E-state index in [0.29, 0.717) is 65.0 Å². The second-order valence-electron chi connectivity index (χ2n) is 14.2. The van der Waals surface area contributed by atoms with Gasteiger partial charge in [-0.05, 0) is 103 Å². The highest BCUT2D eigenvalue weighted by Crippen LogP contribution is 2.40. The molecule has 1 fully saturated rings. The summed E-state index contributed by atoms with van der Waals surface area (Å²) in [5.41, 5.74) is 4.08. The lowest BCUT2D eigenvalue weighted by molar-refractivity contribution is -0.160. The zero-order chi connectivity index (χ0) is 33.7. The molecule has 6 bridgehead atoms. The minimum absolute atomic E-state index is 0.0945. The minimum Gasteiger partial charge on any atom is -0.490 e. The molecule has 0 radical (unpaired) electrons. The number of benzene rings is 2. The van der Waals surface area contributed by atoms with Crippen molar-refractivity contribution in [1.82, 2.24) is 14.6 Å². The maximum Gasteiger partial charge on any atom is 0.337 e. The molecule has 47 heavy (non-hydrogen) atoms. The molecule has 1 N–H and O–H groups in total. The lowest BCUT2D eigenvalue weighted by Gasteiger charge is -2.41. The number of aryl methyl sites for hydroxylation is 2. The number of fused-ring (bicyclic) bond motifs is 7. The van der Waals surface area contributed by atoms with Crippen LogP contribution in [0.1, 0.15) is 83.2 Å². The third-order valence-electron chi connectivity index (χ3n) is 9.15. The molecule has 4 aromatic rings. The Hall–Kier alpha value is -4.02. The van der Waals surface area contributed by atoms with Crippen LogP contribution in [-0.2, 0) is 14.3 Å². The van der Waals surface area contributed by atoms with Gasteiger partial charge in [-0.15, -0.1) is 0 Å². The van der Waals surface area contributed by atoms with Gasteiger partial charge in [-0.1, -0.05) is 18.2 Å². The third kappa shape index (κ3) is 6.85. The van der Waals surface area contributed by atoms with Crippen LogP contribution in [0.2, 0.25) is 0 Å². The van der Waals surface area contributed by atoms with E-state index in [1.54, 1.807) is 17.5 Å². The fourth-order valence-corrected chi connectivity index (χ4v) is 6.58. The number of aliphatic carboxylic acids is 1. The van der Waals surface area contributed by atoms with Crippen molar-refractivity contribution in [3.05, 3.63) is 65.1 Å². The summed E-state index contributed by atoms with van der Waals surface area (Å²) in [4.78, 5) is 19.9. The van der Waals surface area contributed by atoms with Gasteiger partial charge in [-0.25, -0.2) is 14.2 Å². The first-order valence-electron chi connectivity index (χ1n) is 16.5. The zero-order valence-corrected chi connectivity index (χ0v) is 28.4. The van der Waals surface area contributed by atoms with Gasteiger partial charge < -0.3 is 24.2 Å². The van der Waals surface area contributed by atoms with E-state index in [9.17, 15) is 14.3 Å². The molecule has 2 unspecified atom stereocenters. The molecule has 0 saturated carbocycles. The molecule has 2 aromatic carbocycles. The van der Waals surface area contributed by atoms with Gasteiger partial charge in [0.15, 0.2) is 11.8 Å². The molecule has 10 heteroatoms. The largest absolute Gasteiger partial charge is 0.490 e. The Morgan fingerprint density at radius 2 is 1.85 bits per heavy atom. The van der Waals surface area contributed by atoms with Crippen molar-refractivity contribution in [2.24, 2.45) is 0 Å². The van der Waals surface area contributed by atoms with Gasteiger partial charge in [0.25, 0.3) is 0 Å². The van der Waals surface area contributed by atoms with Crippen LogP contribution in [0.25, 0.3) is 28.0 Å². The van der Waals surface area contributed by atoms with Gasteiger partial charge in [0, 0.05) is 42.6 Å². The van der Waals surface area contributed by atoms with E-state index >= 15 is 0 Å². The van der Waals surface area contributed by atoms with Crippen molar-refractivity contribution in [3.8, 4) is 28.1 Å². The molecule has 2 atom stereocenters. The van der Waals surface area contributed by atoms with Gasteiger partial charge in [0.2, 0.25) is 0 Å². The first-order chi connectivity index (χ1) is 22.2. The highest BCUT2D eigenvalue weighted by atomic mass is 19.1. The average molecular weight is 645 g/mol. The van der Waals surface area contributed by atoms with Crippen molar-refractivity contribution in [2.75, 3.05) is 24.6 Å². The molecule has 2 aromatic heterocycles. The average Bonchev–Trinajstić information content (AvgIpc) is 3.43. The van der Waals surface area contributed by atoms with E-state index in [2.05, 4.69) is 11.8 Å². The monoisotopic (exact) mass is 644 g/mol. The summed E-state index contributed by atoms with van der Waals surface area (Å²) in [6.45, 7) is 15.2. The number of hydrogen-bond acceptors (Lipinski definition) is 7. The molecule has 9 nitrogen and oxygen atoms in total. The van der Waals surface area contributed by atoms with E-state index in [4.69, 9.17) is 24.3 Å². The molecular formula is C37H45FN4O5. The van der Waals surface area contributed by atoms with Crippen LogP contribution in [-0.4, -0.2) is 62.7 Å². The number of nitrogens with zero attached hydrogens (tertiary/aromatic N) is 4. The number of anilines is 1. The summed E-state index contributed by atoms with van der Waals surface area (Å²) in [5.74, 6) is -0.0935. The van der Waals surface area contributed by atoms with E-state index in [1.165, 1.54) is 6.07 Å². The third-order valence-corrected chi connectivity index (χ3v) is 9.15. The minimum atomic E-state index is -1.25. The van der Waals surface area contributed by atoms with Gasteiger partial charge in [0.05, 0.1) is 28.6 Å². The number of halogens is 1. The number of carboxylic acids is 1. The fourth-order valence-electron chi connectivity index (χ4n) is 6.58. The number of carbonyl (C=O) groups is 1. The van der Waals surface area contributed by atoms with Crippen molar-refractivity contribution < 1.29 is 28.5 Å². The summed E-state index contributed by atoms with van der Waals surface area (Å²) in [5, 5.41) is 15.5. The molecule has 3 aliphatic rings. The Balaban J connectivity index is 1.56. The van der Waals surface area contributed by atoms with Crippen LogP contribution < -0.4 is 9.64 Å². The Morgan fingerprint density at radius 1 is 1.13 bits per heavy atom.